The molecule has 0 saturated heterocycles. The first kappa shape index (κ1) is 13.4. The molecule has 5 heteroatoms. The summed E-state index contributed by atoms with van der Waals surface area (Å²) < 4.78 is 7.25. The second-order valence-corrected chi connectivity index (χ2v) is 5.91. The fourth-order valence-corrected chi connectivity index (χ4v) is 2.73. The molecule has 0 bridgehead atoms. The number of anilines is 1. The molecule has 0 radical (unpaired) electrons. The van der Waals surface area contributed by atoms with Crippen LogP contribution >= 0.6 is 31.9 Å². The molecule has 20 heavy (non-hydrogen) atoms. The number of hydrogen-bond donors (Lipinski definition) is 1. The molecule has 1 amide bonds. The van der Waals surface area contributed by atoms with Crippen molar-refractivity contribution in [3.63, 3.8) is 0 Å². The number of furan rings is 1. The van der Waals surface area contributed by atoms with Crippen molar-refractivity contribution in [2.45, 2.75) is 0 Å². The molecule has 1 N–H and O–H groups in total. The highest BCUT2D eigenvalue weighted by Crippen LogP contribution is 2.28. The Kier molecular flexibility index (Phi) is 3.63. The minimum absolute atomic E-state index is 0.278. The molecule has 1 aromatic heterocycles. The zero-order valence-electron chi connectivity index (χ0n) is 10.2. The number of rotatable bonds is 2. The zero-order chi connectivity index (χ0) is 14.1. The minimum Gasteiger partial charge on any atom is -0.450 e. The van der Waals surface area contributed by atoms with Crippen LogP contribution < -0.4 is 5.32 Å². The van der Waals surface area contributed by atoms with Crippen molar-refractivity contribution in [3.05, 3.63) is 63.2 Å². The lowest BCUT2D eigenvalue weighted by Gasteiger charge is -2.04. The van der Waals surface area contributed by atoms with Crippen LogP contribution in [0.4, 0.5) is 5.69 Å². The van der Waals surface area contributed by atoms with Gasteiger partial charge in [0.2, 0.25) is 0 Å². The van der Waals surface area contributed by atoms with Crippen LogP contribution in [0.2, 0.25) is 0 Å². The molecule has 1 heterocycles. The van der Waals surface area contributed by atoms with Crippen LogP contribution in [-0.2, 0) is 0 Å². The fourth-order valence-electron chi connectivity index (χ4n) is 1.89. The van der Waals surface area contributed by atoms with Crippen molar-refractivity contribution in [2.24, 2.45) is 0 Å². The summed E-state index contributed by atoms with van der Waals surface area (Å²) in [6, 6.07) is 14.8. The highest BCUT2D eigenvalue weighted by molar-refractivity contribution is 9.11. The molecule has 0 fully saturated rings. The number of fused-ring (bicyclic) bond motifs is 1. The van der Waals surface area contributed by atoms with Crippen LogP contribution in [0.5, 0.6) is 0 Å². The molecule has 3 rings (SSSR count). The summed E-state index contributed by atoms with van der Waals surface area (Å²) in [5, 5.41) is 3.70. The van der Waals surface area contributed by atoms with E-state index in [-0.39, 0.29) is 11.7 Å². The molecule has 100 valence electrons. The van der Waals surface area contributed by atoms with E-state index in [0.29, 0.717) is 11.3 Å². The average Bonchev–Trinajstić information content (AvgIpc) is 2.87. The van der Waals surface area contributed by atoms with E-state index in [0.717, 1.165) is 14.3 Å². The van der Waals surface area contributed by atoms with E-state index in [1.54, 1.807) is 6.07 Å². The molecule has 0 unspecified atom stereocenters. The van der Waals surface area contributed by atoms with E-state index in [2.05, 4.69) is 37.2 Å². The van der Waals surface area contributed by atoms with E-state index in [9.17, 15) is 4.79 Å². The molecular formula is C15H9Br2NO2. The predicted octanol–water partition coefficient (Wildman–Crippen LogP) is 5.21. The van der Waals surface area contributed by atoms with E-state index >= 15 is 0 Å². The highest BCUT2D eigenvalue weighted by Gasteiger charge is 2.14. The van der Waals surface area contributed by atoms with Crippen molar-refractivity contribution in [3.8, 4) is 0 Å². The molecular weight excluding hydrogens is 386 g/mol. The second-order valence-electron chi connectivity index (χ2n) is 4.20. The van der Waals surface area contributed by atoms with Crippen LogP contribution in [0.3, 0.4) is 0 Å². The Morgan fingerprint density at radius 3 is 2.50 bits per heavy atom. The van der Waals surface area contributed by atoms with Crippen LogP contribution in [0.25, 0.3) is 11.0 Å². The number of nitrogens with one attached hydrogen (secondary N) is 1. The van der Waals surface area contributed by atoms with Crippen molar-refractivity contribution in [1.29, 1.82) is 0 Å². The van der Waals surface area contributed by atoms with Gasteiger partial charge in [-0.2, -0.15) is 0 Å². The molecule has 0 aliphatic rings. The summed E-state index contributed by atoms with van der Waals surface area (Å²) in [5.74, 6) is 0.00246. The summed E-state index contributed by atoms with van der Waals surface area (Å²) in [7, 11) is 0. The Bertz CT molecular complexity index is 795. The standard InChI is InChI=1S/C15H9Br2NO2/c16-10-5-1-2-7-12(10)18-15(19)13-8-9-4-3-6-11(17)14(9)20-13/h1-8H,(H,18,19). The lowest BCUT2D eigenvalue weighted by molar-refractivity contribution is 0.0998. The second kappa shape index (κ2) is 5.42. The number of hydrogen-bond acceptors (Lipinski definition) is 2. The summed E-state index contributed by atoms with van der Waals surface area (Å²) >= 11 is 6.80. The Morgan fingerprint density at radius 2 is 1.75 bits per heavy atom. The number of halogens is 2. The Labute approximate surface area is 132 Å². The first-order chi connectivity index (χ1) is 9.65. The Balaban J connectivity index is 1.93. The summed E-state index contributed by atoms with van der Waals surface area (Å²) in [4.78, 5) is 12.2. The van der Waals surface area contributed by atoms with Gasteiger partial charge in [-0.15, -0.1) is 0 Å². The van der Waals surface area contributed by atoms with Gasteiger partial charge in [-0.3, -0.25) is 4.79 Å². The lowest BCUT2D eigenvalue weighted by Crippen LogP contribution is -2.11. The van der Waals surface area contributed by atoms with Crippen LogP contribution in [0, 0.1) is 0 Å². The van der Waals surface area contributed by atoms with Gasteiger partial charge in [0, 0.05) is 9.86 Å². The van der Waals surface area contributed by atoms with Crippen molar-refractivity contribution < 1.29 is 9.21 Å². The van der Waals surface area contributed by atoms with Gasteiger partial charge in [0.25, 0.3) is 5.91 Å². The zero-order valence-corrected chi connectivity index (χ0v) is 13.4. The molecule has 0 saturated carbocycles. The number of benzene rings is 2. The third-order valence-corrected chi connectivity index (χ3v) is 4.16. The number of carbonyl (C=O) groups is 1. The maximum atomic E-state index is 12.2. The van der Waals surface area contributed by atoms with E-state index in [1.807, 2.05) is 42.5 Å². The van der Waals surface area contributed by atoms with Gasteiger partial charge in [0.15, 0.2) is 5.76 Å². The van der Waals surface area contributed by atoms with E-state index < -0.39 is 0 Å². The fraction of sp³-hybridized carbons (Fsp3) is 0. The topological polar surface area (TPSA) is 42.2 Å². The van der Waals surface area contributed by atoms with Crippen LogP contribution in [0.1, 0.15) is 10.6 Å². The largest absolute Gasteiger partial charge is 0.450 e. The third kappa shape index (κ3) is 2.51. The molecule has 2 aromatic carbocycles. The Morgan fingerprint density at radius 1 is 1.00 bits per heavy atom. The molecule has 0 aliphatic carbocycles. The normalized spacial score (nSPS) is 10.7. The number of amides is 1. The minimum atomic E-state index is -0.278. The van der Waals surface area contributed by atoms with Crippen LogP contribution in [0.15, 0.2) is 61.9 Å². The third-order valence-electron chi connectivity index (χ3n) is 2.84. The maximum Gasteiger partial charge on any atom is 0.291 e. The smallest absolute Gasteiger partial charge is 0.291 e. The number of carbonyl (C=O) groups excluding carboxylic acids is 1. The van der Waals surface area contributed by atoms with E-state index in [1.165, 1.54) is 0 Å². The van der Waals surface area contributed by atoms with Gasteiger partial charge in [0.05, 0.1) is 10.2 Å². The molecule has 0 aliphatic heterocycles. The molecule has 3 aromatic rings. The van der Waals surface area contributed by atoms with Crippen molar-refractivity contribution in [2.75, 3.05) is 5.32 Å². The quantitative estimate of drug-likeness (QED) is 0.648. The molecule has 0 atom stereocenters. The highest BCUT2D eigenvalue weighted by atomic mass is 79.9. The van der Waals surface area contributed by atoms with Crippen molar-refractivity contribution >= 4 is 54.4 Å². The number of para-hydroxylation sites is 2. The summed E-state index contributed by atoms with van der Waals surface area (Å²) in [6.07, 6.45) is 0. The van der Waals surface area contributed by atoms with Crippen molar-refractivity contribution in [1.82, 2.24) is 0 Å². The monoisotopic (exact) mass is 393 g/mol. The first-order valence-corrected chi connectivity index (χ1v) is 7.48. The van der Waals surface area contributed by atoms with E-state index in [4.69, 9.17) is 4.42 Å². The molecule has 3 nitrogen and oxygen atoms in total. The summed E-state index contributed by atoms with van der Waals surface area (Å²) in [6.45, 7) is 0. The molecule has 0 spiro atoms. The first-order valence-electron chi connectivity index (χ1n) is 5.89. The van der Waals surface area contributed by atoms with Gasteiger partial charge in [-0.25, -0.2) is 0 Å². The van der Waals surface area contributed by atoms with Gasteiger partial charge < -0.3 is 9.73 Å². The predicted molar refractivity (Wildman–Crippen MR) is 86.0 cm³/mol. The van der Waals surface area contributed by atoms with Gasteiger partial charge in [0.1, 0.15) is 5.58 Å². The maximum absolute atomic E-state index is 12.2. The summed E-state index contributed by atoms with van der Waals surface area (Å²) in [5.41, 5.74) is 1.38. The SMILES string of the molecule is O=C(Nc1ccccc1Br)c1cc2cccc(Br)c2o1. The lowest BCUT2D eigenvalue weighted by atomic mass is 10.2. The van der Waals surface area contributed by atoms with Gasteiger partial charge in [-0.1, -0.05) is 24.3 Å². The van der Waals surface area contributed by atoms with Gasteiger partial charge >= 0.3 is 0 Å². The average molecular weight is 395 g/mol. The van der Waals surface area contributed by atoms with Gasteiger partial charge in [-0.05, 0) is 56.1 Å². The Hall–Kier alpha value is -1.59. The van der Waals surface area contributed by atoms with Crippen LogP contribution in [-0.4, -0.2) is 5.91 Å².